The van der Waals surface area contributed by atoms with Crippen LogP contribution in [0.15, 0.2) is 146 Å². The molecule has 1 amide bonds. The number of methoxy groups -OCH3 is 1. The highest BCUT2D eigenvalue weighted by atomic mass is 28.3. The van der Waals surface area contributed by atoms with Crippen LogP contribution in [-0.4, -0.2) is 120 Å². The minimum Gasteiger partial charge on any atom is -0.497 e. The van der Waals surface area contributed by atoms with Gasteiger partial charge in [-0.25, -0.2) is 14.4 Å². The van der Waals surface area contributed by atoms with Crippen LogP contribution in [0.4, 0.5) is 0 Å². The minimum atomic E-state index is -1.73. The lowest BCUT2D eigenvalue weighted by molar-refractivity contribution is -0.374. The number of benzene rings is 5. The maximum atomic E-state index is 14.3. The minimum absolute atomic E-state index is 0.00634. The number of carbonyl (C=O) groups is 4. The second-order valence-electron chi connectivity index (χ2n) is 18.8. The molecule has 3 aliphatic rings. The van der Waals surface area contributed by atoms with E-state index in [1.54, 1.807) is 98.1 Å². The van der Waals surface area contributed by atoms with Crippen molar-refractivity contribution in [1.82, 2.24) is 5.32 Å². The molecule has 72 heavy (non-hydrogen) atoms. The molecule has 3 fully saturated rings. The van der Waals surface area contributed by atoms with E-state index in [1.165, 1.54) is 6.92 Å². The van der Waals surface area contributed by atoms with Crippen LogP contribution in [0, 0.1) is 0 Å². The highest BCUT2D eigenvalue weighted by Crippen LogP contribution is 2.39. The van der Waals surface area contributed by atoms with Crippen molar-refractivity contribution in [2.75, 3.05) is 26.9 Å². The number of rotatable bonds is 19. The lowest BCUT2D eigenvalue weighted by Crippen LogP contribution is -2.70. The van der Waals surface area contributed by atoms with Gasteiger partial charge in [0.15, 0.2) is 31.1 Å². The Labute approximate surface area is 420 Å². The summed E-state index contributed by atoms with van der Waals surface area (Å²) in [6, 6.07) is 41.3. The Balaban J connectivity index is 1.21. The van der Waals surface area contributed by atoms with Crippen molar-refractivity contribution in [3.8, 4) is 5.75 Å². The van der Waals surface area contributed by atoms with Gasteiger partial charge in [-0.15, -0.1) is 0 Å². The molecule has 11 atom stereocenters. The van der Waals surface area contributed by atoms with E-state index in [-0.39, 0.29) is 36.5 Å². The summed E-state index contributed by atoms with van der Waals surface area (Å²) in [6.45, 7) is 7.71. The van der Waals surface area contributed by atoms with Crippen LogP contribution in [0.3, 0.4) is 0 Å². The Bertz CT molecular complexity index is 2530. The molecule has 1 N–H and O–H groups in total. The van der Waals surface area contributed by atoms with Crippen LogP contribution in [0.1, 0.15) is 55.4 Å². The van der Waals surface area contributed by atoms with E-state index in [0.717, 1.165) is 11.1 Å². The van der Waals surface area contributed by atoms with E-state index in [0.29, 0.717) is 11.8 Å². The number of nitrogens with one attached hydrogen (secondary N) is 1. The fourth-order valence-electron chi connectivity index (χ4n) is 8.52. The molecule has 1 unspecified atom stereocenters. The maximum absolute atomic E-state index is 14.3. The van der Waals surface area contributed by atoms with Gasteiger partial charge in [-0.1, -0.05) is 117 Å². The molecule has 3 heterocycles. The molecule has 5 aromatic rings. The number of esters is 3. The zero-order valence-corrected chi connectivity index (χ0v) is 41.9. The molecule has 0 aromatic heterocycles. The quantitative estimate of drug-likeness (QED) is 0.0483. The first-order valence-electron chi connectivity index (χ1n) is 24.0. The first kappa shape index (κ1) is 52.1. The van der Waals surface area contributed by atoms with Gasteiger partial charge in [0, 0.05) is 27.2 Å². The Morgan fingerprint density at radius 2 is 1.19 bits per heavy atom. The molecule has 0 bridgehead atoms. The fraction of sp³-hybridized carbons (Fsp3) is 0.382. The summed E-state index contributed by atoms with van der Waals surface area (Å²) >= 11 is 0. The maximum Gasteiger partial charge on any atom is 0.338 e. The summed E-state index contributed by atoms with van der Waals surface area (Å²) in [4.78, 5) is 55.6. The largest absolute Gasteiger partial charge is 0.497 e. The first-order valence-corrected chi connectivity index (χ1v) is 27.7. The smallest absolute Gasteiger partial charge is 0.338 e. The molecular formula is C55H61NO15Si. The van der Waals surface area contributed by atoms with Crippen molar-refractivity contribution >= 4 is 31.9 Å². The van der Waals surface area contributed by atoms with E-state index in [2.05, 4.69) is 25.0 Å². The molecule has 380 valence electrons. The van der Waals surface area contributed by atoms with Gasteiger partial charge in [0.1, 0.15) is 48.9 Å². The molecule has 3 saturated heterocycles. The van der Waals surface area contributed by atoms with Gasteiger partial charge in [-0.3, -0.25) is 4.79 Å². The van der Waals surface area contributed by atoms with Crippen LogP contribution < -0.4 is 10.1 Å². The molecule has 5 aromatic carbocycles. The topological polar surface area (TPSA) is 182 Å². The van der Waals surface area contributed by atoms with Crippen molar-refractivity contribution in [2.45, 2.75) is 107 Å². The van der Waals surface area contributed by atoms with Gasteiger partial charge >= 0.3 is 17.9 Å². The number of fused-ring (bicyclic) bond motifs is 1. The lowest BCUT2D eigenvalue weighted by Gasteiger charge is -2.51. The van der Waals surface area contributed by atoms with Crippen LogP contribution in [0.2, 0.25) is 25.7 Å². The molecule has 0 spiro atoms. The fourth-order valence-corrected chi connectivity index (χ4v) is 9.25. The van der Waals surface area contributed by atoms with Crippen LogP contribution in [-0.2, 0) is 58.8 Å². The molecule has 8 rings (SSSR count). The zero-order valence-electron chi connectivity index (χ0n) is 40.9. The number of hydrogen-bond acceptors (Lipinski definition) is 15. The van der Waals surface area contributed by atoms with Crippen LogP contribution >= 0.6 is 0 Å². The van der Waals surface area contributed by atoms with Gasteiger partial charge < -0.3 is 57.4 Å². The Morgan fingerprint density at radius 3 is 1.76 bits per heavy atom. The van der Waals surface area contributed by atoms with Crippen molar-refractivity contribution in [3.63, 3.8) is 0 Å². The predicted molar refractivity (Wildman–Crippen MR) is 263 cm³/mol. The molecule has 17 heteroatoms. The summed E-state index contributed by atoms with van der Waals surface area (Å²) < 4.78 is 70.9. The number of carbonyl (C=O) groups excluding carboxylic acids is 4. The average Bonchev–Trinajstić information content (AvgIpc) is 3.39. The molecule has 0 saturated carbocycles. The predicted octanol–water partition coefficient (Wildman–Crippen LogP) is 7.70. The average molecular weight is 1000 g/mol. The summed E-state index contributed by atoms with van der Waals surface area (Å²) in [5, 5.41) is 3.01. The Hall–Kier alpha value is -6.28. The Morgan fingerprint density at radius 1 is 0.625 bits per heavy atom. The van der Waals surface area contributed by atoms with Crippen LogP contribution in [0.25, 0.3) is 0 Å². The molecule has 0 radical (unpaired) electrons. The van der Waals surface area contributed by atoms with E-state index in [9.17, 15) is 19.2 Å². The highest BCUT2D eigenvalue weighted by molar-refractivity contribution is 6.76. The third kappa shape index (κ3) is 13.6. The van der Waals surface area contributed by atoms with Gasteiger partial charge in [0.05, 0.1) is 37.0 Å². The second-order valence-corrected chi connectivity index (χ2v) is 24.5. The third-order valence-electron chi connectivity index (χ3n) is 12.3. The van der Waals surface area contributed by atoms with Crippen molar-refractivity contribution in [1.29, 1.82) is 0 Å². The first-order chi connectivity index (χ1) is 34.8. The summed E-state index contributed by atoms with van der Waals surface area (Å²) in [5.41, 5.74) is 2.21. The van der Waals surface area contributed by atoms with Gasteiger partial charge in [-0.05, 0) is 60.1 Å². The Kier molecular flexibility index (Phi) is 17.7. The zero-order chi connectivity index (χ0) is 50.6. The third-order valence-corrected chi connectivity index (χ3v) is 14.0. The van der Waals surface area contributed by atoms with E-state index in [1.807, 2.05) is 54.6 Å². The van der Waals surface area contributed by atoms with Gasteiger partial charge in [0.25, 0.3) is 0 Å². The van der Waals surface area contributed by atoms with Gasteiger partial charge in [-0.2, -0.15) is 0 Å². The molecule has 0 aliphatic carbocycles. The normalized spacial score (nSPS) is 26.0. The monoisotopic (exact) mass is 1000 g/mol. The summed E-state index contributed by atoms with van der Waals surface area (Å²) in [6.07, 6.45) is -12.1. The van der Waals surface area contributed by atoms with E-state index < -0.39 is 106 Å². The number of ether oxygens (including phenoxy) is 11. The molecule has 3 aliphatic heterocycles. The van der Waals surface area contributed by atoms with E-state index >= 15 is 0 Å². The van der Waals surface area contributed by atoms with Crippen molar-refractivity contribution in [3.05, 3.63) is 173 Å². The van der Waals surface area contributed by atoms with Crippen molar-refractivity contribution in [2.24, 2.45) is 0 Å². The second kappa shape index (κ2) is 24.4. The SMILES string of the molecule is COc1ccc(CO[C@@H]2[C@@H](NC(C)=O)[C@H](O[C@H]3[C@@H](OC(=O)c4ccccc4)[C@@H](COC(=O)c4ccccc4)O[C@@H](OCC[Si](C)(C)C)[C@@H]3OC(=O)c3ccccc3)O[C@@H]3COC(c4ccccc4)O[C@@H]23)cc1. The lowest BCUT2D eigenvalue weighted by atomic mass is 9.94. The van der Waals surface area contributed by atoms with Gasteiger partial charge in [0.2, 0.25) is 5.91 Å². The summed E-state index contributed by atoms with van der Waals surface area (Å²) in [7, 11) is -0.153. The van der Waals surface area contributed by atoms with Crippen LogP contribution in [0.5, 0.6) is 5.75 Å². The number of hydrogen-bond donors (Lipinski definition) is 1. The van der Waals surface area contributed by atoms with Crippen molar-refractivity contribution < 1.29 is 71.3 Å². The molecule has 16 nitrogen and oxygen atoms in total. The highest BCUT2D eigenvalue weighted by Gasteiger charge is 2.57. The molecular weight excluding hydrogens is 943 g/mol. The van der Waals surface area contributed by atoms with E-state index in [4.69, 9.17) is 52.1 Å². The number of amides is 1. The standard InChI is InChI=1S/C55H61NO15Si/c1-35(57)56-44-47(63-32-36-26-28-41(61-2)29-27-36)45-43(34-65-53(70-45)40-24-16-9-17-25-40)66-54(44)71-48-46(68-51(59)38-20-12-7-13-21-38)42(33-64-50(58)37-18-10-6-11-19-37)67-55(62-30-31-72(3,4)5)49(48)69-52(60)39-22-14-8-15-23-39/h6-29,42-49,53-55H,30-34H2,1-5H3,(H,56,57)/t42-,43-,44-,45-,46+,47-,48+,49-,53?,54+,55-/m1/s1. The summed E-state index contributed by atoms with van der Waals surface area (Å²) in [5.74, 6) is -2.01.